The Labute approximate surface area is 176 Å². The van der Waals surface area contributed by atoms with Gasteiger partial charge in [0.25, 0.3) is 0 Å². The zero-order valence-electron chi connectivity index (χ0n) is 17.0. The van der Waals surface area contributed by atoms with E-state index in [-0.39, 0.29) is 17.6 Å². The molecule has 0 bridgehead atoms. The molecule has 4 rings (SSSR count). The highest BCUT2D eigenvalue weighted by Gasteiger charge is 2.27. The fraction of sp³-hybridized carbons (Fsp3) is 0.292. The summed E-state index contributed by atoms with van der Waals surface area (Å²) in [6, 6.07) is 14.4. The minimum absolute atomic E-state index is 0.0749. The van der Waals surface area contributed by atoms with E-state index in [0.717, 1.165) is 36.1 Å². The van der Waals surface area contributed by atoms with Crippen LogP contribution in [0.1, 0.15) is 24.0 Å². The molecule has 1 atom stereocenters. The second kappa shape index (κ2) is 9.03. The first-order valence-corrected chi connectivity index (χ1v) is 10.3. The van der Waals surface area contributed by atoms with Gasteiger partial charge in [-0.15, -0.1) is 0 Å². The number of anilines is 1. The van der Waals surface area contributed by atoms with Crippen molar-refractivity contribution < 1.29 is 9.18 Å². The number of benzene rings is 2. The van der Waals surface area contributed by atoms with Crippen molar-refractivity contribution in [2.45, 2.75) is 26.3 Å². The smallest absolute Gasteiger partial charge is 0.225 e. The van der Waals surface area contributed by atoms with Crippen molar-refractivity contribution in [3.8, 4) is 11.1 Å². The van der Waals surface area contributed by atoms with Crippen LogP contribution in [0, 0.1) is 18.7 Å². The van der Waals surface area contributed by atoms with E-state index in [1.165, 1.54) is 17.7 Å². The summed E-state index contributed by atoms with van der Waals surface area (Å²) in [7, 11) is 0. The molecule has 3 aromatic rings. The second-order valence-corrected chi connectivity index (χ2v) is 7.71. The van der Waals surface area contributed by atoms with Gasteiger partial charge in [0.15, 0.2) is 0 Å². The van der Waals surface area contributed by atoms with Crippen molar-refractivity contribution in [3.63, 3.8) is 0 Å². The van der Waals surface area contributed by atoms with E-state index >= 15 is 0 Å². The number of nitrogens with one attached hydrogen (secondary N) is 1. The van der Waals surface area contributed by atoms with Crippen LogP contribution in [0.15, 0.2) is 60.9 Å². The maximum absolute atomic E-state index is 13.1. The van der Waals surface area contributed by atoms with Gasteiger partial charge in [-0.3, -0.25) is 4.79 Å². The molecule has 1 saturated heterocycles. The first kappa shape index (κ1) is 20.0. The number of hydrogen-bond donors (Lipinski definition) is 1. The lowest BCUT2D eigenvalue weighted by Crippen LogP contribution is -2.43. The monoisotopic (exact) mass is 404 g/mol. The van der Waals surface area contributed by atoms with E-state index in [1.54, 1.807) is 24.5 Å². The van der Waals surface area contributed by atoms with Gasteiger partial charge in [0, 0.05) is 37.6 Å². The fourth-order valence-corrected chi connectivity index (χ4v) is 3.78. The topological polar surface area (TPSA) is 58.1 Å². The summed E-state index contributed by atoms with van der Waals surface area (Å²) in [6.07, 6.45) is 5.28. The SMILES string of the molecule is Cc1ccccc1CNC(=O)[C@H]1CCCN(c2ncc(-c3ccc(F)cc3)cn2)C1. The minimum atomic E-state index is -0.267. The van der Waals surface area contributed by atoms with E-state index in [2.05, 4.69) is 33.2 Å². The molecule has 0 spiro atoms. The van der Waals surface area contributed by atoms with Gasteiger partial charge in [0.2, 0.25) is 11.9 Å². The Bertz CT molecular complexity index is 1000. The molecule has 0 radical (unpaired) electrons. The Hall–Kier alpha value is -3.28. The summed E-state index contributed by atoms with van der Waals surface area (Å²) in [5.74, 6) is 0.350. The molecule has 6 heteroatoms. The summed E-state index contributed by atoms with van der Waals surface area (Å²) in [5, 5.41) is 3.08. The van der Waals surface area contributed by atoms with E-state index in [1.807, 2.05) is 18.2 Å². The van der Waals surface area contributed by atoms with Gasteiger partial charge < -0.3 is 10.2 Å². The maximum atomic E-state index is 13.1. The first-order chi connectivity index (χ1) is 14.6. The molecular weight excluding hydrogens is 379 g/mol. The highest BCUT2D eigenvalue weighted by Crippen LogP contribution is 2.23. The molecule has 1 fully saturated rings. The first-order valence-electron chi connectivity index (χ1n) is 10.3. The van der Waals surface area contributed by atoms with Crippen LogP contribution in [0.2, 0.25) is 0 Å². The highest BCUT2D eigenvalue weighted by atomic mass is 19.1. The van der Waals surface area contributed by atoms with Crippen molar-refractivity contribution in [1.29, 1.82) is 0 Å². The molecule has 0 saturated carbocycles. The number of nitrogens with zero attached hydrogens (tertiary/aromatic N) is 3. The van der Waals surface area contributed by atoms with Gasteiger partial charge >= 0.3 is 0 Å². The summed E-state index contributed by atoms with van der Waals surface area (Å²) in [4.78, 5) is 23.8. The predicted octanol–water partition coefficient (Wildman–Crippen LogP) is 4.12. The molecule has 0 unspecified atom stereocenters. The van der Waals surface area contributed by atoms with Crippen molar-refractivity contribution in [3.05, 3.63) is 77.9 Å². The number of carbonyl (C=O) groups excluding carboxylic acids is 1. The Morgan fingerprint density at radius 3 is 2.57 bits per heavy atom. The zero-order valence-corrected chi connectivity index (χ0v) is 17.0. The average Bonchev–Trinajstić information content (AvgIpc) is 2.79. The van der Waals surface area contributed by atoms with Crippen molar-refractivity contribution in [1.82, 2.24) is 15.3 Å². The molecule has 2 heterocycles. The molecule has 1 aliphatic heterocycles. The Morgan fingerprint density at radius 2 is 1.83 bits per heavy atom. The molecule has 1 amide bonds. The zero-order chi connectivity index (χ0) is 20.9. The maximum Gasteiger partial charge on any atom is 0.225 e. The quantitative estimate of drug-likeness (QED) is 0.695. The van der Waals surface area contributed by atoms with Crippen LogP contribution < -0.4 is 10.2 Å². The number of amides is 1. The third kappa shape index (κ3) is 4.64. The van der Waals surface area contributed by atoms with Gasteiger partial charge in [-0.1, -0.05) is 36.4 Å². The van der Waals surface area contributed by atoms with E-state index < -0.39 is 0 Å². The van der Waals surface area contributed by atoms with Crippen LogP contribution in [-0.2, 0) is 11.3 Å². The molecule has 154 valence electrons. The van der Waals surface area contributed by atoms with Gasteiger partial charge in [0.1, 0.15) is 5.82 Å². The van der Waals surface area contributed by atoms with E-state index in [9.17, 15) is 9.18 Å². The number of carbonyl (C=O) groups is 1. The summed E-state index contributed by atoms with van der Waals surface area (Å²) in [5.41, 5.74) is 4.02. The van der Waals surface area contributed by atoms with Crippen LogP contribution in [0.3, 0.4) is 0 Å². The number of piperidine rings is 1. The fourth-order valence-electron chi connectivity index (χ4n) is 3.78. The largest absolute Gasteiger partial charge is 0.352 e. The Balaban J connectivity index is 1.38. The van der Waals surface area contributed by atoms with Crippen molar-refractivity contribution >= 4 is 11.9 Å². The van der Waals surface area contributed by atoms with E-state index in [0.29, 0.717) is 19.0 Å². The minimum Gasteiger partial charge on any atom is -0.352 e. The summed E-state index contributed by atoms with van der Waals surface area (Å²) < 4.78 is 13.1. The molecule has 1 aromatic heterocycles. The molecule has 0 aliphatic carbocycles. The van der Waals surface area contributed by atoms with Gasteiger partial charge in [-0.2, -0.15) is 0 Å². The van der Waals surface area contributed by atoms with Crippen LogP contribution in [0.25, 0.3) is 11.1 Å². The number of aryl methyl sites for hydroxylation is 1. The van der Waals surface area contributed by atoms with Crippen LogP contribution in [-0.4, -0.2) is 29.0 Å². The van der Waals surface area contributed by atoms with Gasteiger partial charge in [-0.25, -0.2) is 14.4 Å². The van der Waals surface area contributed by atoms with Crippen LogP contribution in [0.4, 0.5) is 10.3 Å². The normalized spacial score (nSPS) is 16.3. The number of aromatic nitrogens is 2. The summed E-state index contributed by atoms with van der Waals surface area (Å²) >= 11 is 0. The number of rotatable bonds is 5. The van der Waals surface area contributed by atoms with E-state index in [4.69, 9.17) is 0 Å². The van der Waals surface area contributed by atoms with Gasteiger partial charge in [-0.05, 0) is 48.6 Å². The Morgan fingerprint density at radius 1 is 1.10 bits per heavy atom. The molecule has 30 heavy (non-hydrogen) atoms. The lowest BCUT2D eigenvalue weighted by atomic mass is 9.97. The molecule has 1 N–H and O–H groups in total. The molecule has 2 aromatic carbocycles. The molecule has 5 nitrogen and oxygen atoms in total. The standard InChI is InChI=1S/C24H25FN4O/c1-17-5-2-3-6-19(17)13-26-23(30)20-7-4-12-29(16-20)24-27-14-21(15-28-24)18-8-10-22(25)11-9-18/h2-3,5-6,8-11,14-15,20H,4,7,12-13,16H2,1H3,(H,26,30)/t20-/m0/s1. The molecule has 1 aliphatic rings. The lowest BCUT2D eigenvalue weighted by Gasteiger charge is -2.32. The highest BCUT2D eigenvalue weighted by molar-refractivity contribution is 5.79. The van der Waals surface area contributed by atoms with Crippen LogP contribution >= 0.6 is 0 Å². The predicted molar refractivity (Wildman–Crippen MR) is 115 cm³/mol. The van der Waals surface area contributed by atoms with Gasteiger partial charge in [0.05, 0.1) is 5.92 Å². The number of halogens is 1. The third-order valence-electron chi connectivity index (χ3n) is 5.61. The van der Waals surface area contributed by atoms with Crippen molar-refractivity contribution in [2.75, 3.05) is 18.0 Å². The number of hydrogen-bond acceptors (Lipinski definition) is 4. The third-order valence-corrected chi connectivity index (χ3v) is 5.61. The summed E-state index contributed by atoms with van der Waals surface area (Å²) in [6.45, 7) is 4.04. The van der Waals surface area contributed by atoms with Crippen LogP contribution in [0.5, 0.6) is 0 Å². The second-order valence-electron chi connectivity index (χ2n) is 7.71. The lowest BCUT2D eigenvalue weighted by molar-refractivity contribution is -0.125. The van der Waals surface area contributed by atoms with Crippen molar-refractivity contribution in [2.24, 2.45) is 5.92 Å². The Kier molecular flexibility index (Phi) is 6.02. The average molecular weight is 404 g/mol. The molecular formula is C24H25FN4O.